The third-order valence-electron chi connectivity index (χ3n) is 9.21. The highest BCUT2D eigenvalue weighted by Crippen LogP contribution is 2.65. The van der Waals surface area contributed by atoms with Crippen molar-refractivity contribution in [1.82, 2.24) is 4.90 Å². The van der Waals surface area contributed by atoms with Crippen LogP contribution in [0, 0.1) is 22.0 Å². The Morgan fingerprint density at radius 1 is 1.24 bits per heavy atom. The maximum absolute atomic E-state index is 11.7. The summed E-state index contributed by atoms with van der Waals surface area (Å²) in [6, 6.07) is 10.8. The van der Waals surface area contributed by atoms with E-state index < -0.39 is 12.2 Å². The van der Waals surface area contributed by atoms with Crippen LogP contribution in [-0.4, -0.2) is 51.4 Å². The van der Waals surface area contributed by atoms with Crippen LogP contribution in [-0.2, 0) is 11.8 Å². The zero-order valence-corrected chi connectivity index (χ0v) is 18.4. The Balaban J connectivity index is 1.36. The third kappa shape index (κ3) is 2.63. The fourth-order valence-corrected chi connectivity index (χ4v) is 7.65. The van der Waals surface area contributed by atoms with Gasteiger partial charge < -0.3 is 14.9 Å². The van der Waals surface area contributed by atoms with Crippen LogP contribution >= 0.6 is 0 Å². The normalized spacial score (nSPS) is 36.2. The lowest BCUT2D eigenvalue weighted by atomic mass is 9.49. The summed E-state index contributed by atoms with van der Waals surface area (Å²) in [4.78, 5) is 13.7. The van der Waals surface area contributed by atoms with Crippen molar-refractivity contribution in [2.45, 2.75) is 61.7 Å². The minimum absolute atomic E-state index is 0.0507. The lowest BCUT2D eigenvalue weighted by molar-refractivity contribution is -0.385. The average molecular weight is 449 g/mol. The van der Waals surface area contributed by atoms with Crippen molar-refractivity contribution in [1.29, 1.82) is 0 Å². The van der Waals surface area contributed by atoms with Gasteiger partial charge in [-0.25, -0.2) is 0 Å². The van der Waals surface area contributed by atoms with Gasteiger partial charge >= 0.3 is 0 Å². The van der Waals surface area contributed by atoms with E-state index in [0.717, 1.165) is 49.4 Å². The molecule has 3 aliphatic carbocycles. The summed E-state index contributed by atoms with van der Waals surface area (Å²) >= 11 is 0. The predicted octanol–water partition coefficient (Wildman–Crippen LogP) is 3.50. The van der Waals surface area contributed by atoms with E-state index in [0.29, 0.717) is 11.8 Å². The number of rotatable bonds is 4. The first-order chi connectivity index (χ1) is 16.0. The zero-order chi connectivity index (χ0) is 22.5. The molecule has 1 saturated heterocycles. The van der Waals surface area contributed by atoms with E-state index in [9.17, 15) is 20.3 Å². The number of piperidine rings is 1. The molecule has 7 nitrogen and oxygen atoms in total. The number of phenolic OH excluding ortho intramolecular Hbond substituents is 1. The molecule has 1 spiro atoms. The summed E-state index contributed by atoms with van der Waals surface area (Å²) in [7, 11) is 0. The number of aromatic hydroxyl groups is 1. The standard InChI is InChI=1S/C26H28N2O5/c29-21-7-6-16-11-20-19-12-18(15-2-1-3-17(10-15)28(31)32)23(30)25-26(19,22(16)24(21)33-25)8-9-27(20)13-14-4-5-14/h1-3,6-7,10,14,18-20,23,25,29-30H,4-5,8-9,11-13H2/t18-,19?,20-,23+,25+,26+/m1/s1. The highest BCUT2D eigenvalue weighted by molar-refractivity contribution is 5.61. The number of phenols is 1. The lowest BCUT2D eigenvalue weighted by Gasteiger charge is -2.60. The van der Waals surface area contributed by atoms with E-state index in [-0.39, 0.29) is 33.6 Å². The second-order valence-electron chi connectivity index (χ2n) is 10.8. The van der Waals surface area contributed by atoms with Crippen LogP contribution < -0.4 is 4.74 Å². The van der Waals surface area contributed by atoms with E-state index in [2.05, 4.69) is 4.90 Å². The molecule has 2 aliphatic heterocycles. The van der Waals surface area contributed by atoms with Crippen LogP contribution in [0.25, 0.3) is 0 Å². The Labute approximate surface area is 192 Å². The number of hydrogen-bond donors (Lipinski definition) is 2. The number of aliphatic hydroxyl groups excluding tert-OH is 1. The van der Waals surface area contributed by atoms with Gasteiger partial charge in [-0.15, -0.1) is 0 Å². The van der Waals surface area contributed by atoms with Crippen molar-refractivity contribution in [3.63, 3.8) is 0 Å². The van der Waals surface area contributed by atoms with Crippen molar-refractivity contribution >= 4 is 5.69 Å². The molecule has 0 amide bonds. The van der Waals surface area contributed by atoms with E-state index >= 15 is 0 Å². The van der Waals surface area contributed by atoms with Crippen LogP contribution in [0.3, 0.4) is 0 Å². The second-order valence-corrected chi connectivity index (χ2v) is 10.8. The Hall–Kier alpha value is -2.64. The van der Waals surface area contributed by atoms with Gasteiger partial charge in [0.05, 0.1) is 11.0 Å². The average Bonchev–Trinajstić information content (AvgIpc) is 3.56. The first-order valence-corrected chi connectivity index (χ1v) is 12.2. The maximum atomic E-state index is 11.7. The second kappa shape index (κ2) is 6.70. The quantitative estimate of drug-likeness (QED) is 0.549. The minimum Gasteiger partial charge on any atom is -0.504 e. The summed E-state index contributed by atoms with van der Waals surface area (Å²) in [6.45, 7) is 2.12. The molecule has 5 aliphatic rings. The van der Waals surface area contributed by atoms with Crippen LogP contribution in [0.5, 0.6) is 11.5 Å². The van der Waals surface area contributed by atoms with E-state index in [1.54, 1.807) is 18.2 Å². The van der Waals surface area contributed by atoms with Crippen LogP contribution in [0.4, 0.5) is 5.69 Å². The summed E-state index contributed by atoms with van der Waals surface area (Å²) in [5.74, 6) is 1.53. The maximum Gasteiger partial charge on any atom is 0.269 e. The summed E-state index contributed by atoms with van der Waals surface area (Å²) in [6.07, 6.45) is 3.99. The van der Waals surface area contributed by atoms with Crippen molar-refractivity contribution in [3.05, 3.63) is 63.2 Å². The molecule has 2 saturated carbocycles. The molecule has 1 unspecified atom stereocenters. The van der Waals surface area contributed by atoms with Crippen molar-refractivity contribution in [2.24, 2.45) is 11.8 Å². The molecule has 7 rings (SSSR count). The van der Waals surface area contributed by atoms with Gasteiger partial charge in [0.25, 0.3) is 5.69 Å². The summed E-state index contributed by atoms with van der Waals surface area (Å²) in [5.41, 5.74) is 2.91. The molecule has 2 aromatic rings. The minimum atomic E-state index is -0.795. The summed E-state index contributed by atoms with van der Waals surface area (Å²) in [5, 5.41) is 33.7. The van der Waals surface area contributed by atoms with Crippen LogP contribution in [0.2, 0.25) is 0 Å². The molecule has 0 radical (unpaired) electrons. The molecule has 33 heavy (non-hydrogen) atoms. The van der Waals surface area contributed by atoms with Crippen LogP contribution in [0.15, 0.2) is 36.4 Å². The van der Waals surface area contributed by atoms with Gasteiger partial charge in [-0.2, -0.15) is 0 Å². The Morgan fingerprint density at radius 3 is 2.88 bits per heavy atom. The number of likely N-dealkylation sites (tertiary alicyclic amines) is 1. The number of aliphatic hydroxyl groups is 1. The Bertz CT molecular complexity index is 1160. The lowest BCUT2D eigenvalue weighted by Crippen LogP contribution is -2.68. The molecule has 2 aromatic carbocycles. The number of nitrogens with zero attached hydrogens (tertiary/aromatic N) is 2. The van der Waals surface area contributed by atoms with E-state index in [4.69, 9.17) is 4.74 Å². The number of non-ortho nitro benzene ring substituents is 1. The van der Waals surface area contributed by atoms with Gasteiger partial charge in [0.2, 0.25) is 0 Å². The number of ether oxygens (including phenoxy) is 1. The molecule has 6 atom stereocenters. The molecular formula is C26H28N2O5. The number of nitro benzene ring substituents is 1. The van der Waals surface area contributed by atoms with Gasteiger partial charge in [-0.05, 0) is 67.7 Å². The SMILES string of the molecule is O=[N+]([O-])c1cccc([C@H]2CC3[C@H]4Cc5ccc(O)c6c5[C@@]3(CCN4CC3CC3)[C@@H](O6)[C@H]2O)c1. The highest BCUT2D eigenvalue weighted by atomic mass is 16.6. The Morgan fingerprint density at radius 2 is 2.09 bits per heavy atom. The van der Waals surface area contributed by atoms with E-state index in [1.807, 2.05) is 12.1 Å². The molecule has 2 N–H and O–H groups in total. The van der Waals surface area contributed by atoms with Gasteiger partial charge in [0.1, 0.15) is 6.10 Å². The molecule has 2 bridgehead atoms. The fourth-order valence-electron chi connectivity index (χ4n) is 7.65. The van der Waals surface area contributed by atoms with Crippen molar-refractivity contribution in [2.75, 3.05) is 13.1 Å². The molecule has 3 fully saturated rings. The first-order valence-electron chi connectivity index (χ1n) is 12.2. The third-order valence-corrected chi connectivity index (χ3v) is 9.21. The molecule has 0 aromatic heterocycles. The topological polar surface area (TPSA) is 96.1 Å². The first kappa shape index (κ1) is 19.8. The van der Waals surface area contributed by atoms with Crippen LogP contribution in [0.1, 0.15) is 48.3 Å². The number of benzene rings is 2. The zero-order valence-electron chi connectivity index (χ0n) is 18.4. The number of hydrogen-bond acceptors (Lipinski definition) is 6. The largest absolute Gasteiger partial charge is 0.504 e. The monoisotopic (exact) mass is 448 g/mol. The van der Waals surface area contributed by atoms with Gasteiger partial charge in [0, 0.05) is 41.6 Å². The smallest absolute Gasteiger partial charge is 0.269 e. The Kier molecular flexibility index (Phi) is 4.02. The van der Waals surface area contributed by atoms with Crippen molar-refractivity contribution < 1.29 is 19.9 Å². The highest BCUT2D eigenvalue weighted by Gasteiger charge is 2.67. The van der Waals surface area contributed by atoms with Gasteiger partial charge in [0.15, 0.2) is 11.5 Å². The molecule has 7 heteroatoms. The summed E-state index contributed by atoms with van der Waals surface area (Å²) < 4.78 is 6.43. The number of nitro groups is 1. The predicted molar refractivity (Wildman–Crippen MR) is 121 cm³/mol. The van der Waals surface area contributed by atoms with Gasteiger partial charge in [-0.1, -0.05) is 18.2 Å². The van der Waals surface area contributed by atoms with Crippen molar-refractivity contribution in [3.8, 4) is 11.5 Å². The van der Waals surface area contributed by atoms with Gasteiger partial charge in [-0.3, -0.25) is 15.0 Å². The molecular weight excluding hydrogens is 420 g/mol. The fraction of sp³-hybridized carbons (Fsp3) is 0.538. The molecule has 2 heterocycles. The molecule has 172 valence electrons. The van der Waals surface area contributed by atoms with E-state index in [1.165, 1.54) is 24.5 Å².